The van der Waals surface area contributed by atoms with Gasteiger partial charge in [0.25, 0.3) is 0 Å². The van der Waals surface area contributed by atoms with Crippen molar-refractivity contribution in [3.63, 3.8) is 0 Å². The molecule has 3 aliphatic rings. The van der Waals surface area contributed by atoms with Crippen molar-refractivity contribution < 1.29 is 9.90 Å². The van der Waals surface area contributed by atoms with Crippen LogP contribution in [0.4, 0.5) is 27.9 Å². The molecular formula is C25H34N6O2. The summed E-state index contributed by atoms with van der Waals surface area (Å²) in [7, 11) is 0. The second kappa shape index (κ2) is 9.95. The molecular weight excluding hydrogens is 416 g/mol. The molecule has 0 bridgehead atoms. The lowest BCUT2D eigenvalue weighted by atomic mass is 9.92. The number of hydrogen-bond donors (Lipinski definition) is 3. The molecule has 0 unspecified atom stereocenters. The average molecular weight is 451 g/mol. The third-order valence-electron chi connectivity index (χ3n) is 7.28. The summed E-state index contributed by atoms with van der Waals surface area (Å²) in [5, 5.41) is 15.3. The molecule has 1 aromatic heterocycles. The minimum absolute atomic E-state index is 0.0523. The molecule has 8 heteroatoms. The molecule has 1 aromatic carbocycles. The highest BCUT2D eigenvalue weighted by atomic mass is 16.3. The fraction of sp³-hybridized carbons (Fsp3) is 0.560. The number of hydrogen-bond acceptors (Lipinski definition) is 6. The van der Waals surface area contributed by atoms with Crippen molar-refractivity contribution >= 4 is 29.2 Å². The Bertz CT molecular complexity index is 952. The predicted molar refractivity (Wildman–Crippen MR) is 130 cm³/mol. The lowest BCUT2D eigenvalue weighted by Crippen LogP contribution is -2.49. The Morgan fingerprint density at radius 2 is 1.85 bits per heavy atom. The highest BCUT2D eigenvalue weighted by Crippen LogP contribution is 2.32. The summed E-state index contributed by atoms with van der Waals surface area (Å²) in [6, 6.07) is 8.59. The molecule has 8 nitrogen and oxygen atoms in total. The summed E-state index contributed by atoms with van der Waals surface area (Å²) in [6.45, 7) is 2.91. The highest BCUT2D eigenvalue weighted by Gasteiger charge is 2.33. The van der Waals surface area contributed by atoms with Crippen molar-refractivity contribution in [3.05, 3.63) is 36.0 Å². The van der Waals surface area contributed by atoms with Gasteiger partial charge in [0.05, 0.1) is 0 Å². The van der Waals surface area contributed by atoms with Gasteiger partial charge in [-0.1, -0.05) is 12.8 Å². The van der Waals surface area contributed by atoms with E-state index in [0.717, 1.165) is 74.6 Å². The van der Waals surface area contributed by atoms with E-state index in [9.17, 15) is 4.79 Å². The number of amides is 2. The number of benzene rings is 1. The first-order chi connectivity index (χ1) is 16.2. The SMILES string of the molecule is O=C1NCc2cnc(Nc3ccc(N4CCC(CCCO)CC4)cc3)nc2N1C1CCCC1. The van der Waals surface area contributed by atoms with Crippen LogP contribution >= 0.6 is 0 Å². The summed E-state index contributed by atoms with van der Waals surface area (Å²) >= 11 is 0. The molecule has 2 aliphatic heterocycles. The highest BCUT2D eigenvalue weighted by molar-refractivity contribution is 5.94. The maximum Gasteiger partial charge on any atom is 0.323 e. The summed E-state index contributed by atoms with van der Waals surface area (Å²) in [5.74, 6) is 1.99. The number of urea groups is 1. The number of aliphatic hydroxyl groups is 1. The molecule has 1 saturated heterocycles. The van der Waals surface area contributed by atoms with Crippen molar-refractivity contribution in [1.29, 1.82) is 0 Å². The van der Waals surface area contributed by atoms with Gasteiger partial charge in [-0.25, -0.2) is 9.78 Å². The third kappa shape index (κ3) is 4.90. The zero-order chi connectivity index (χ0) is 22.6. The normalized spacial score (nSPS) is 19.5. The summed E-state index contributed by atoms with van der Waals surface area (Å²) in [5.41, 5.74) is 3.13. The van der Waals surface area contributed by atoms with Gasteiger partial charge in [-0.3, -0.25) is 4.90 Å². The number of carbonyl (C=O) groups is 1. The number of nitrogens with one attached hydrogen (secondary N) is 2. The lowest BCUT2D eigenvalue weighted by molar-refractivity contribution is 0.241. The molecule has 2 fully saturated rings. The Morgan fingerprint density at radius 1 is 1.09 bits per heavy atom. The molecule has 2 amide bonds. The number of fused-ring (bicyclic) bond motifs is 1. The quantitative estimate of drug-likeness (QED) is 0.586. The first kappa shape index (κ1) is 21.9. The van der Waals surface area contributed by atoms with E-state index in [0.29, 0.717) is 19.1 Å². The first-order valence-corrected chi connectivity index (χ1v) is 12.4. The Kier molecular flexibility index (Phi) is 6.62. The largest absolute Gasteiger partial charge is 0.396 e. The van der Waals surface area contributed by atoms with Crippen LogP contribution < -0.4 is 20.4 Å². The molecule has 33 heavy (non-hydrogen) atoms. The maximum absolute atomic E-state index is 12.6. The summed E-state index contributed by atoms with van der Waals surface area (Å²) in [6.07, 6.45) is 10.6. The fourth-order valence-corrected chi connectivity index (χ4v) is 5.39. The van der Waals surface area contributed by atoms with E-state index in [1.807, 2.05) is 11.1 Å². The topological polar surface area (TPSA) is 93.6 Å². The van der Waals surface area contributed by atoms with Gasteiger partial charge in [-0.05, 0) is 68.7 Å². The van der Waals surface area contributed by atoms with Crippen LogP contribution in [0, 0.1) is 5.92 Å². The van der Waals surface area contributed by atoms with Crippen molar-refractivity contribution in [2.24, 2.45) is 5.92 Å². The van der Waals surface area contributed by atoms with Crippen LogP contribution in [-0.4, -0.2) is 46.8 Å². The Morgan fingerprint density at radius 3 is 2.58 bits per heavy atom. The van der Waals surface area contributed by atoms with E-state index < -0.39 is 0 Å². The molecule has 1 saturated carbocycles. The molecule has 5 rings (SSSR count). The summed E-state index contributed by atoms with van der Waals surface area (Å²) in [4.78, 5) is 26.1. The van der Waals surface area contributed by atoms with Crippen LogP contribution in [0.3, 0.4) is 0 Å². The molecule has 1 aliphatic carbocycles. The van der Waals surface area contributed by atoms with Crippen molar-refractivity contribution in [2.75, 3.05) is 34.8 Å². The van der Waals surface area contributed by atoms with E-state index in [4.69, 9.17) is 10.1 Å². The number of piperidine rings is 1. The summed E-state index contributed by atoms with van der Waals surface area (Å²) < 4.78 is 0. The van der Waals surface area contributed by atoms with Crippen LogP contribution in [0.5, 0.6) is 0 Å². The van der Waals surface area contributed by atoms with Gasteiger partial charge in [0, 0.05) is 55.4 Å². The van der Waals surface area contributed by atoms with Gasteiger partial charge < -0.3 is 20.6 Å². The average Bonchev–Trinajstić information content (AvgIpc) is 3.38. The lowest BCUT2D eigenvalue weighted by Gasteiger charge is -2.34. The van der Waals surface area contributed by atoms with Gasteiger partial charge >= 0.3 is 6.03 Å². The molecule has 0 spiro atoms. The smallest absolute Gasteiger partial charge is 0.323 e. The molecule has 0 atom stereocenters. The van der Waals surface area contributed by atoms with Gasteiger partial charge in [-0.2, -0.15) is 4.98 Å². The predicted octanol–water partition coefficient (Wildman–Crippen LogP) is 4.18. The Labute approximate surface area is 195 Å². The van der Waals surface area contributed by atoms with Gasteiger partial charge in [0.1, 0.15) is 5.82 Å². The number of aromatic nitrogens is 2. The Balaban J connectivity index is 1.24. The molecule has 176 valence electrons. The van der Waals surface area contributed by atoms with Gasteiger partial charge in [-0.15, -0.1) is 0 Å². The maximum atomic E-state index is 12.6. The van der Waals surface area contributed by atoms with E-state index in [-0.39, 0.29) is 12.1 Å². The van der Waals surface area contributed by atoms with Crippen LogP contribution in [-0.2, 0) is 6.54 Å². The minimum Gasteiger partial charge on any atom is -0.396 e. The van der Waals surface area contributed by atoms with Crippen molar-refractivity contribution in [1.82, 2.24) is 15.3 Å². The molecule has 2 aromatic rings. The second-order valence-corrected chi connectivity index (χ2v) is 9.48. The van der Waals surface area contributed by atoms with Crippen molar-refractivity contribution in [3.8, 4) is 0 Å². The van der Waals surface area contributed by atoms with Gasteiger partial charge in [0.2, 0.25) is 5.95 Å². The standard InChI is InChI=1S/C25H34N6O2/c32-15-3-4-18-11-13-30(14-12-18)21-9-7-20(8-10-21)28-24-26-16-19-17-27-25(33)31(23(19)29-24)22-5-1-2-6-22/h7-10,16,18,22,32H,1-6,11-15,17H2,(H,27,33)(H,26,28,29). The third-order valence-corrected chi connectivity index (χ3v) is 7.28. The molecule has 3 heterocycles. The molecule has 3 N–H and O–H groups in total. The van der Waals surface area contributed by atoms with Crippen LogP contribution in [0.25, 0.3) is 0 Å². The second-order valence-electron chi connectivity index (χ2n) is 9.48. The van der Waals surface area contributed by atoms with E-state index in [2.05, 4.69) is 44.8 Å². The van der Waals surface area contributed by atoms with Crippen LogP contribution in [0.15, 0.2) is 30.5 Å². The number of aliphatic hydroxyl groups excluding tert-OH is 1. The van der Waals surface area contributed by atoms with E-state index in [1.54, 1.807) is 0 Å². The molecule has 0 radical (unpaired) electrons. The fourth-order valence-electron chi connectivity index (χ4n) is 5.39. The van der Waals surface area contributed by atoms with Crippen LogP contribution in [0.1, 0.15) is 56.9 Å². The monoisotopic (exact) mass is 450 g/mol. The van der Waals surface area contributed by atoms with E-state index in [1.165, 1.54) is 18.5 Å². The van der Waals surface area contributed by atoms with Crippen molar-refractivity contribution in [2.45, 2.75) is 64.0 Å². The van der Waals surface area contributed by atoms with Crippen LogP contribution in [0.2, 0.25) is 0 Å². The number of anilines is 4. The zero-order valence-electron chi connectivity index (χ0n) is 19.2. The zero-order valence-corrected chi connectivity index (χ0v) is 19.2. The minimum atomic E-state index is -0.0523. The van der Waals surface area contributed by atoms with Gasteiger partial charge in [0.15, 0.2) is 0 Å². The van der Waals surface area contributed by atoms with E-state index >= 15 is 0 Å². The number of rotatable bonds is 7. The number of nitrogens with zero attached hydrogens (tertiary/aromatic N) is 4. The first-order valence-electron chi connectivity index (χ1n) is 12.4. The number of carbonyl (C=O) groups excluding carboxylic acids is 1. The Hall–Kier alpha value is -2.87.